The molecule has 186 valence electrons. The average molecular weight is 502 g/mol. The van der Waals surface area contributed by atoms with Crippen molar-refractivity contribution in [3.63, 3.8) is 0 Å². The highest BCUT2D eigenvalue weighted by molar-refractivity contribution is 7.10. The van der Waals surface area contributed by atoms with Crippen molar-refractivity contribution in [2.45, 2.75) is 51.1 Å². The van der Waals surface area contributed by atoms with Crippen LogP contribution in [0.5, 0.6) is 0 Å². The Morgan fingerprint density at radius 1 is 1.11 bits per heavy atom. The zero-order chi connectivity index (χ0) is 24.8. The van der Waals surface area contributed by atoms with Gasteiger partial charge in [-0.25, -0.2) is 4.98 Å². The van der Waals surface area contributed by atoms with Crippen LogP contribution in [0.2, 0.25) is 0 Å². The standard InChI is InChI=1S/C27H30F3N3OS/c1-2-3-14-33-15-12-21(13-16-33)26-32-24(18-35-26)25(34)31-23-7-5-4-6-22(23)20-10-8-19(9-11-20)17-27(28,29)30/h4-11,18,21H,2-3,12-17H2,1H3,(H,31,34). The fourth-order valence-corrected chi connectivity index (χ4v) is 5.40. The van der Waals surface area contributed by atoms with Crippen molar-refractivity contribution in [2.75, 3.05) is 25.0 Å². The smallest absolute Gasteiger partial charge is 0.320 e. The zero-order valence-electron chi connectivity index (χ0n) is 19.8. The SMILES string of the molecule is CCCCN1CCC(c2nc(C(=O)Nc3ccccc3-c3ccc(CC(F)(F)F)cc3)cs2)CC1. The van der Waals surface area contributed by atoms with Crippen molar-refractivity contribution in [1.82, 2.24) is 9.88 Å². The first-order valence-corrected chi connectivity index (χ1v) is 12.9. The van der Waals surface area contributed by atoms with Gasteiger partial charge in [0.25, 0.3) is 5.91 Å². The molecule has 0 atom stereocenters. The number of carbonyl (C=O) groups excluding carboxylic acids is 1. The molecule has 0 saturated carbocycles. The molecule has 1 amide bonds. The van der Waals surface area contributed by atoms with Crippen LogP contribution in [0.1, 0.15) is 59.6 Å². The minimum absolute atomic E-state index is 0.203. The van der Waals surface area contributed by atoms with Gasteiger partial charge in [-0.2, -0.15) is 13.2 Å². The molecule has 35 heavy (non-hydrogen) atoms. The fourth-order valence-electron chi connectivity index (χ4n) is 4.43. The van der Waals surface area contributed by atoms with Crippen molar-refractivity contribution in [2.24, 2.45) is 0 Å². The van der Waals surface area contributed by atoms with E-state index in [1.807, 2.05) is 23.6 Å². The Labute approximate surface area is 208 Å². The Balaban J connectivity index is 1.41. The molecule has 4 rings (SSSR count). The number of hydrogen-bond acceptors (Lipinski definition) is 4. The first kappa shape index (κ1) is 25.4. The Morgan fingerprint density at radius 2 is 1.83 bits per heavy atom. The van der Waals surface area contributed by atoms with Crippen molar-refractivity contribution >= 4 is 22.9 Å². The van der Waals surface area contributed by atoms with Crippen molar-refractivity contribution in [3.05, 3.63) is 70.2 Å². The molecule has 1 aliphatic heterocycles. The lowest BCUT2D eigenvalue weighted by molar-refractivity contribution is -0.127. The summed E-state index contributed by atoms with van der Waals surface area (Å²) in [7, 11) is 0. The van der Waals surface area contributed by atoms with Crippen LogP contribution >= 0.6 is 11.3 Å². The topological polar surface area (TPSA) is 45.2 Å². The van der Waals surface area contributed by atoms with Gasteiger partial charge in [0, 0.05) is 22.5 Å². The second-order valence-corrected chi connectivity index (χ2v) is 9.92. The van der Waals surface area contributed by atoms with E-state index >= 15 is 0 Å². The number of benzene rings is 2. The van der Waals surface area contributed by atoms with E-state index in [9.17, 15) is 18.0 Å². The largest absolute Gasteiger partial charge is 0.393 e. The van der Waals surface area contributed by atoms with Gasteiger partial charge in [0.15, 0.2) is 0 Å². The Bertz CT molecular complexity index is 1120. The summed E-state index contributed by atoms with van der Waals surface area (Å²) in [6, 6.07) is 13.5. The van der Waals surface area contributed by atoms with E-state index < -0.39 is 12.6 Å². The van der Waals surface area contributed by atoms with E-state index in [1.165, 1.54) is 36.3 Å². The summed E-state index contributed by atoms with van der Waals surface area (Å²) in [5.74, 6) is 0.107. The second-order valence-electron chi connectivity index (χ2n) is 9.03. The predicted molar refractivity (Wildman–Crippen MR) is 135 cm³/mol. The highest BCUT2D eigenvalue weighted by atomic mass is 32.1. The van der Waals surface area contributed by atoms with Gasteiger partial charge in [-0.1, -0.05) is 55.8 Å². The molecule has 0 spiro atoms. The maximum absolute atomic E-state index is 13.0. The Hall–Kier alpha value is -2.71. The van der Waals surface area contributed by atoms with Crippen LogP contribution in [0.15, 0.2) is 53.9 Å². The number of hydrogen-bond donors (Lipinski definition) is 1. The number of likely N-dealkylation sites (tertiary alicyclic amines) is 1. The number of thiazole rings is 1. The molecule has 8 heteroatoms. The molecule has 1 fully saturated rings. The lowest BCUT2D eigenvalue weighted by Gasteiger charge is -2.30. The van der Waals surface area contributed by atoms with Crippen LogP contribution in [0.25, 0.3) is 11.1 Å². The monoisotopic (exact) mass is 501 g/mol. The number of amides is 1. The van der Waals surface area contributed by atoms with Crippen LogP contribution in [0.4, 0.5) is 18.9 Å². The molecule has 2 heterocycles. The van der Waals surface area contributed by atoms with E-state index in [1.54, 1.807) is 18.2 Å². The normalized spacial score (nSPS) is 15.3. The number of carbonyl (C=O) groups is 1. The maximum Gasteiger partial charge on any atom is 0.393 e. The van der Waals surface area contributed by atoms with Crippen LogP contribution in [-0.4, -0.2) is 41.6 Å². The van der Waals surface area contributed by atoms with Gasteiger partial charge in [-0.05, 0) is 56.1 Å². The molecule has 1 saturated heterocycles. The number of alkyl halides is 3. The highest BCUT2D eigenvalue weighted by Crippen LogP contribution is 2.32. The summed E-state index contributed by atoms with van der Waals surface area (Å²) in [4.78, 5) is 20.1. The van der Waals surface area contributed by atoms with Crippen molar-refractivity contribution in [1.29, 1.82) is 0 Å². The molecule has 0 radical (unpaired) electrons. The highest BCUT2D eigenvalue weighted by Gasteiger charge is 2.27. The lowest BCUT2D eigenvalue weighted by Crippen LogP contribution is -2.33. The summed E-state index contributed by atoms with van der Waals surface area (Å²) in [6.45, 7) is 5.50. The van der Waals surface area contributed by atoms with Gasteiger partial charge in [0.05, 0.1) is 11.4 Å². The number of nitrogens with one attached hydrogen (secondary N) is 1. The van der Waals surface area contributed by atoms with Gasteiger partial charge >= 0.3 is 6.18 Å². The van der Waals surface area contributed by atoms with E-state index in [0.717, 1.165) is 48.6 Å². The first-order valence-electron chi connectivity index (χ1n) is 12.1. The third-order valence-electron chi connectivity index (χ3n) is 6.36. The maximum atomic E-state index is 13.0. The summed E-state index contributed by atoms with van der Waals surface area (Å²) >= 11 is 1.54. The van der Waals surface area contributed by atoms with Crippen LogP contribution in [0.3, 0.4) is 0 Å². The summed E-state index contributed by atoms with van der Waals surface area (Å²) in [5, 5.41) is 5.76. The molecule has 1 N–H and O–H groups in total. The Kier molecular flexibility index (Phi) is 8.23. The number of nitrogens with zero attached hydrogens (tertiary/aromatic N) is 2. The molecular formula is C27H30F3N3OS. The second kappa shape index (κ2) is 11.4. The number of rotatable bonds is 8. The Morgan fingerprint density at radius 3 is 2.51 bits per heavy atom. The van der Waals surface area contributed by atoms with Gasteiger partial charge in [-0.3, -0.25) is 4.79 Å². The lowest BCUT2D eigenvalue weighted by atomic mass is 9.97. The summed E-state index contributed by atoms with van der Waals surface area (Å²) in [6.07, 6.45) is -0.652. The van der Waals surface area contributed by atoms with Gasteiger partial charge in [0.1, 0.15) is 5.69 Å². The quantitative estimate of drug-likeness (QED) is 0.357. The van der Waals surface area contributed by atoms with E-state index in [2.05, 4.69) is 22.1 Å². The fraction of sp³-hybridized carbons (Fsp3) is 0.407. The van der Waals surface area contributed by atoms with Crippen LogP contribution in [0, 0.1) is 0 Å². The zero-order valence-corrected chi connectivity index (χ0v) is 20.6. The van der Waals surface area contributed by atoms with Gasteiger partial charge in [0.2, 0.25) is 0 Å². The molecule has 2 aromatic carbocycles. The number of aromatic nitrogens is 1. The molecule has 1 aliphatic rings. The first-order chi connectivity index (χ1) is 16.8. The summed E-state index contributed by atoms with van der Waals surface area (Å²) < 4.78 is 38.0. The van der Waals surface area contributed by atoms with Crippen LogP contribution < -0.4 is 5.32 Å². The number of halogens is 3. The van der Waals surface area contributed by atoms with E-state index in [4.69, 9.17) is 0 Å². The molecule has 3 aromatic rings. The number of piperidine rings is 1. The molecule has 0 bridgehead atoms. The summed E-state index contributed by atoms with van der Waals surface area (Å²) in [5.41, 5.74) is 2.68. The minimum Gasteiger partial charge on any atom is -0.320 e. The molecule has 4 nitrogen and oxygen atoms in total. The number of unbranched alkanes of at least 4 members (excludes halogenated alkanes) is 1. The van der Waals surface area contributed by atoms with Crippen molar-refractivity contribution in [3.8, 4) is 11.1 Å². The average Bonchev–Trinajstić information content (AvgIpc) is 3.34. The van der Waals surface area contributed by atoms with E-state index in [0.29, 0.717) is 17.3 Å². The van der Waals surface area contributed by atoms with Crippen molar-refractivity contribution < 1.29 is 18.0 Å². The third kappa shape index (κ3) is 6.92. The molecule has 0 aliphatic carbocycles. The molecule has 0 unspecified atom stereocenters. The van der Waals surface area contributed by atoms with Gasteiger partial charge in [-0.15, -0.1) is 11.3 Å². The van der Waals surface area contributed by atoms with Crippen LogP contribution in [-0.2, 0) is 6.42 Å². The number of anilines is 1. The molecule has 1 aromatic heterocycles. The predicted octanol–water partition coefficient (Wildman–Crippen LogP) is 7.15. The number of para-hydroxylation sites is 1. The van der Waals surface area contributed by atoms with E-state index in [-0.39, 0.29) is 11.5 Å². The minimum atomic E-state index is -4.24. The third-order valence-corrected chi connectivity index (χ3v) is 7.37. The van der Waals surface area contributed by atoms with Gasteiger partial charge < -0.3 is 10.2 Å². The molecular weight excluding hydrogens is 471 g/mol.